The van der Waals surface area contributed by atoms with Crippen LogP contribution in [0.3, 0.4) is 0 Å². The van der Waals surface area contributed by atoms with Gasteiger partial charge in [-0.3, -0.25) is 19.8 Å². The van der Waals surface area contributed by atoms with Crippen LogP contribution < -0.4 is 4.90 Å². The lowest BCUT2D eigenvalue weighted by atomic mass is 10.1. The summed E-state index contributed by atoms with van der Waals surface area (Å²) in [5, 5.41) is 11.6. The Morgan fingerprint density at radius 3 is 2.35 bits per heavy atom. The van der Waals surface area contributed by atoms with E-state index in [-0.39, 0.29) is 16.5 Å². The van der Waals surface area contributed by atoms with E-state index in [9.17, 15) is 14.9 Å². The molecule has 2 heterocycles. The molecular formula is C24H28N4O3. The molecule has 0 saturated carbocycles. The molecule has 0 aromatic heterocycles. The number of nitro groups is 1. The highest BCUT2D eigenvalue weighted by Gasteiger charge is 2.26. The van der Waals surface area contributed by atoms with Crippen molar-refractivity contribution in [1.29, 1.82) is 0 Å². The molecule has 162 valence electrons. The number of rotatable bonds is 6. The molecule has 0 N–H and O–H groups in total. The van der Waals surface area contributed by atoms with Crippen molar-refractivity contribution < 1.29 is 9.72 Å². The maximum Gasteiger partial charge on any atom is 0.293 e. The summed E-state index contributed by atoms with van der Waals surface area (Å²) in [6.45, 7) is 5.33. The fourth-order valence-electron chi connectivity index (χ4n) is 4.25. The van der Waals surface area contributed by atoms with E-state index in [2.05, 4.69) is 29.2 Å². The van der Waals surface area contributed by atoms with Gasteiger partial charge in [-0.2, -0.15) is 0 Å². The van der Waals surface area contributed by atoms with Gasteiger partial charge in [0.05, 0.1) is 4.92 Å². The van der Waals surface area contributed by atoms with Crippen molar-refractivity contribution in [2.24, 2.45) is 0 Å². The molecule has 0 aliphatic carbocycles. The van der Waals surface area contributed by atoms with Crippen LogP contribution in [0, 0.1) is 10.1 Å². The summed E-state index contributed by atoms with van der Waals surface area (Å²) >= 11 is 0. The van der Waals surface area contributed by atoms with E-state index >= 15 is 0 Å². The molecule has 0 unspecified atom stereocenters. The van der Waals surface area contributed by atoms with E-state index in [1.165, 1.54) is 11.6 Å². The number of anilines is 1. The van der Waals surface area contributed by atoms with Crippen LogP contribution in [0.4, 0.5) is 11.4 Å². The predicted molar refractivity (Wildman–Crippen MR) is 122 cm³/mol. The summed E-state index contributed by atoms with van der Waals surface area (Å²) in [5.41, 5.74) is 2.22. The van der Waals surface area contributed by atoms with E-state index < -0.39 is 0 Å². The molecule has 0 atom stereocenters. The van der Waals surface area contributed by atoms with Crippen molar-refractivity contribution in [1.82, 2.24) is 9.80 Å². The average molecular weight is 421 g/mol. The van der Waals surface area contributed by atoms with Gasteiger partial charge in [-0.25, -0.2) is 0 Å². The van der Waals surface area contributed by atoms with Crippen molar-refractivity contribution in [2.75, 3.05) is 50.7 Å². The summed E-state index contributed by atoms with van der Waals surface area (Å²) < 4.78 is 0. The molecule has 2 fully saturated rings. The van der Waals surface area contributed by atoms with Crippen LogP contribution in [-0.4, -0.2) is 66.4 Å². The maximum atomic E-state index is 13.0. The van der Waals surface area contributed by atoms with Crippen LogP contribution in [0.15, 0.2) is 54.6 Å². The standard InChI is InChI=1S/C24H28N4O3/c29-24(21-10-11-22(23(19-21)28(30)31)26-13-4-5-14-26)27-17-15-25(16-18-27)12-6-9-20-7-2-1-3-8-20/h1-3,6-11,19H,4-5,12-18H2/b9-6+. The number of piperazine rings is 1. The Balaban J connectivity index is 1.35. The van der Waals surface area contributed by atoms with Crippen LogP contribution >= 0.6 is 0 Å². The van der Waals surface area contributed by atoms with Gasteiger partial charge in [-0.05, 0) is 30.5 Å². The molecule has 2 aliphatic heterocycles. The number of benzene rings is 2. The molecular weight excluding hydrogens is 392 g/mol. The number of carbonyl (C=O) groups excluding carboxylic acids is 1. The normalized spacial score (nSPS) is 17.4. The molecule has 7 nitrogen and oxygen atoms in total. The molecule has 0 radical (unpaired) electrons. The highest BCUT2D eigenvalue weighted by atomic mass is 16.6. The Labute approximate surface area is 182 Å². The van der Waals surface area contributed by atoms with E-state index in [0.29, 0.717) is 24.3 Å². The Bertz CT molecular complexity index is 947. The monoisotopic (exact) mass is 420 g/mol. The summed E-state index contributed by atoms with van der Waals surface area (Å²) in [6.07, 6.45) is 6.34. The molecule has 31 heavy (non-hydrogen) atoms. The van der Waals surface area contributed by atoms with Crippen molar-refractivity contribution in [2.45, 2.75) is 12.8 Å². The SMILES string of the molecule is O=C(c1ccc(N2CCCC2)c([N+](=O)[O-])c1)N1CCN(C/C=C/c2ccccc2)CC1. The zero-order chi connectivity index (χ0) is 21.6. The summed E-state index contributed by atoms with van der Waals surface area (Å²) in [6, 6.07) is 15.1. The fourth-order valence-corrected chi connectivity index (χ4v) is 4.25. The lowest BCUT2D eigenvalue weighted by Gasteiger charge is -2.34. The first kappa shape index (κ1) is 21.1. The van der Waals surface area contributed by atoms with Gasteiger partial charge in [0.1, 0.15) is 5.69 Å². The second-order valence-electron chi connectivity index (χ2n) is 8.06. The van der Waals surface area contributed by atoms with Gasteiger partial charge in [-0.1, -0.05) is 42.5 Å². The molecule has 2 saturated heterocycles. The Morgan fingerprint density at radius 1 is 0.968 bits per heavy atom. The van der Waals surface area contributed by atoms with Crippen LogP contribution in [0.1, 0.15) is 28.8 Å². The molecule has 2 aliphatic rings. The fraction of sp³-hybridized carbons (Fsp3) is 0.375. The predicted octanol–water partition coefficient (Wildman–Crippen LogP) is 3.67. The third kappa shape index (κ3) is 5.11. The number of nitrogens with zero attached hydrogens (tertiary/aromatic N) is 4. The summed E-state index contributed by atoms with van der Waals surface area (Å²) in [7, 11) is 0. The lowest BCUT2D eigenvalue weighted by molar-refractivity contribution is -0.384. The molecule has 2 aromatic carbocycles. The maximum absolute atomic E-state index is 13.0. The largest absolute Gasteiger partial charge is 0.366 e. The van der Waals surface area contributed by atoms with Gasteiger partial charge in [0.15, 0.2) is 0 Å². The van der Waals surface area contributed by atoms with Gasteiger partial charge < -0.3 is 9.80 Å². The number of hydrogen-bond donors (Lipinski definition) is 0. The zero-order valence-electron chi connectivity index (χ0n) is 17.7. The van der Waals surface area contributed by atoms with Gasteiger partial charge in [0, 0.05) is 57.4 Å². The van der Waals surface area contributed by atoms with Crippen LogP contribution in [0.25, 0.3) is 6.08 Å². The van der Waals surface area contributed by atoms with Crippen molar-refractivity contribution in [3.63, 3.8) is 0 Å². The van der Waals surface area contributed by atoms with Crippen molar-refractivity contribution >= 4 is 23.4 Å². The highest BCUT2D eigenvalue weighted by molar-refractivity contribution is 5.96. The van der Waals surface area contributed by atoms with Gasteiger partial charge in [-0.15, -0.1) is 0 Å². The minimum atomic E-state index is -0.374. The zero-order valence-corrected chi connectivity index (χ0v) is 17.7. The van der Waals surface area contributed by atoms with Crippen molar-refractivity contribution in [3.05, 3.63) is 75.8 Å². The van der Waals surface area contributed by atoms with E-state index in [4.69, 9.17) is 0 Å². The second-order valence-corrected chi connectivity index (χ2v) is 8.06. The third-order valence-corrected chi connectivity index (χ3v) is 6.00. The molecule has 7 heteroatoms. The number of nitro benzene ring substituents is 1. The first-order chi connectivity index (χ1) is 15.1. The Hall–Kier alpha value is -3.19. The lowest BCUT2D eigenvalue weighted by Crippen LogP contribution is -2.48. The topological polar surface area (TPSA) is 69.9 Å². The minimum absolute atomic E-state index is 0.0254. The quantitative estimate of drug-likeness (QED) is 0.527. The molecule has 4 rings (SSSR count). The Morgan fingerprint density at radius 2 is 1.68 bits per heavy atom. The average Bonchev–Trinajstić information content (AvgIpc) is 3.34. The highest BCUT2D eigenvalue weighted by Crippen LogP contribution is 2.32. The van der Waals surface area contributed by atoms with Crippen molar-refractivity contribution in [3.8, 4) is 0 Å². The number of hydrogen-bond acceptors (Lipinski definition) is 5. The molecule has 0 spiro atoms. The van der Waals surface area contributed by atoms with Crippen LogP contribution in [0.2, 0.25) is 0 Å². The summed E-state index contributed by atoms with van der Waals surface area (Å²) in [5.74, 6) is -0.129. The third-order valence-electron chi connectivity index (χ3n) is 6.00. The smallest absolute Gasteiger partial charge is 0.293 e. The first-order valence-electron chi connectivity index (χ1n) is 10.9. The van der Waals surface area contributed by atoms with E-state index in [0.717, 1.165) is 45.6 Å². The first-order valence-corrected chi connectivity index (χ1v) is 10.9. The molecule has 1 amide bonds. The second kappa shape index (κ2) is 9.75. The van der Waals surface area contributed by atoms with Crippen LogP contribution in [-0.2, 0) is 0 Å². The van der Waals surface area contributed by atoms with E-state index in [1.54, 1.807) is 17.0 Å². The van der Waals surface area contributed by atoms with Gasteiger partial charge in [0.25, 0.3) is 11.6 Å². The van der Waals surface area contributed by atoms with Gasteiger partial charge in [0.2, 0.25) is 0 Å². The number of carbonyl (C=O) groups is 1. The van der Waals surface area contributed by atoms with Gasteiger partial charge >= 0.3 is 0 Å². The van der Waals surface area contributed by atoms with E-state index in [1.807, 2.05) is 23.1 Å². The Kier molecular flexibility index (Phi) is 6.62. The molecule has 2 aromatic rings. The number of amides is 1. The minimum Gasteiger partial charge on any atom is -0.366 e. The molecule has 0 bridgehead atoms. The van der Waals surface area contributed by atoms with Crippen LogP contribution in [0.5, 0.6) is 0 Å². The summed E-state index contributed by atoms with van der Waals surface area (Å²) in [4.78, 5) is 30.4.